The van der Waals surface area contributed by atoms with Crippen LogP contribution in [0.3, 0.4) is 0 Å². The van der Waals surface area contributed by atoms with E-state index in [0.717, 1.165) is 22.4 Å². The Kier molecular flexibility index (Phi) is 2.28. The number of benzene rings is 1. The van der Waals surface area contributed by atoms with Crippen LogP contribution in [0.25, 0.3) is 28.2 Å². The molecule has 20 heavy (non-hydrogen) atoms. The van der Waals surface area contributed by atoms with Crippen LogP contribution in [0.1, 0.15) is 0 Å². The second kappa shape index (κ2) is 4.23. The summed E-state index contributed by atoms with van der Waals surface area (Å²) in [5.41, 5.74) is 3.38. The summed E-state index contributed by atoms with van der Waals surface area (Å²) >= 11 is 0. The molecule has 0 radical (unpaired) electrons. The third-order valence-corrected chi connectivity index (χ3v) is 3.00. The predicted octanol–water partition coefficient (Wildman–Crippen LogP) is 1.60. The van der Waals surface area contributed by atoms with E-state index >= 15 is 0 Å². The van der Waals surface area contributed by atoms with Crippen LogP contribution in [0, 0.1) is 0 Å². The molecule has 0 bridgehead atoms. The molecular formula is C13H9N7. The van der Waals surface area contributed by atoms with Crippen LogP contribution < -0.4 is 0 Å². The van der Waals surface area contributed by atoms with E-state index < -0.39 is 0 Å². The fraction of sp³-hybridized carbons (Fsp3) is 0. The number of nitrogens with one attached hydrogen (secondary N) is 1. The maximum absolute atomic E-state index is 4.36. The molecule has 0 saturated heterocycles. The Labute approximate surface area is 113 Å². The van der Waals surface area contributed by atoms with Crippen molar-refractivity contribution in [3.63, 3.8) is 0 Å². The van der Waals surface area contributed by atoms with Crippen molar-refractivity contribution in [1.29, 1.82) is 0 Å². The molecule has 7 heteroatoms. The molecule has 4 rings (SSSR count). The van der Waals surface area contributed by atoms with E-state index in [0.29, 0.717) is 5.82 Å². The summed E-state index contributed by atoms with van der Waals surface area (Å²) in [6, 6.07) is 11.6. The summed E-state index contributed by atoms with van der Waals surface area (Å²) in [6.07, 6.45) is 3.19. The minimum absolute atomic E-state index is 0.639. The first-order chi connectivity index (χ1) is 9.92. The van der Waals surface area contributed by atoms with Crippen molar-refractivity contribution >= 4 is 11.0 Å². The predicted molar refractivity (Wildman–Crippen MR) is 72.0 cm³/mol. The highest BCUT2D eigenvalue weighted by molar-refractivity contribution is 5.75. The topological polar surface area (TPSA) is 85.2 Å². The van der Waals surface area contributed by atoms with Crippen LogP contribution in [-0.4, -0.2) is 35.2 Å². The average Bonchev–Trinajstić information content (AvgIpc) is 3.17. The zero-order valence-corrected chi connectivity index (χ0v) is 10.3. The molecule has 0 saturated carbocycles. The van der Waals surface area contributed by atoms with Gasteiger partial charge in [-0.2, -0.15) is 5.10 Å². The van der Waals surface area contributed by atoms with Gasteiger partial charge < -0.3 is 0 Å². The largest absolute Gasteiger partial charge is 0.258 e. The van der Waals surface area contributed by atoms with Gasteiger partial charge in [0, 0.05) is 0 Å². The van der Waals surface area contributed by atoms with E-state index in [4.69, 9.17) is 0 Å². The summed E-state index contributed by atoms with van der Waals surface area (Å²) in [7, 11) is 0. The fourth-order valence-corrected chi connectivity index (χ4v) is 2.04. The summed E-state index contributed by atoms with van der Waals surface area (Å²) in [6.45, 7) is 0. The van der Waals surface area contributed by atoms with Crippen LogP contribution in [-0.2, 0) is 0 Å². The van der Waals surface area contributed by atoms with Crippen LogP contribution >= 0.6 is 0 Å². The molecule has 0 aliphatic heterocycles. The Morgan fingerprint density at radius 1 is 1.00 bits per heavy atom. The first-order valence-corrected chi connectivity index (χ1v) is 6.04. The van der Waals surface area contributed by atoms with Crippen molar-refractivity contribution < 1.29 is 0 Å². The highest BCUT2D eigenvalue weighted by Gasteiger charge is 2.07. The highest BCUT2D eigenvalue weighted by Crippen LogP contribution is 2.17. The number of hydrogen-bond donors (Lipinski definition) is 1. The Balaban J connectivity index is 1.79. The quantitative estimate of drug-likeness (QED) is 0.593. The first kappa shape index (κ1) is 10.8. The number of para-hydroxylation sites is 1. The number of nitrogens with zero attached hydrogens (tertiary/aromatic N) is 6. The molecule has 3 aromatic heterocycles. The molecule has 0 aliphatic rings. The minimum atomic E-state index is 0.639. The maximum Gasteiger partial charge on any atom is 0.174 e. The monoisotopic (exact) mass is 263 g/mol. The van der Waals surface area contributed by atoms with Gasteiger partial charge in [-0.05, 0) is 24.3 Å². The smallest absolute Gasteiger partial charge is 0.174 e. The summed E-state index contributed by atoms with van der Waals surface area (Å²) in [5, 5.41) is 14.9. The van der Waals surface area contributed by atoms with Gasteiger partial charge in [-0.3, -0.25) is 10.1 Å². The van der Waals surface area contributed by atoms with E-state index in [1.54, 1.807) is 10.9 Å². The molecule has 0 fully saturated rings. The molecule has 1 N–H and O–H groups in total. The Morgan fingerprint density at radius 2 is 1.95 bits per heavy atom. The zero-order chi connectivity index (χ0) is 13.4. The molecule has 96 valence electrons. The third kappa shape index (κ3) is 1.64. The van der Waals surface area contributed by atoms with Crippen molar-refractivity contribution in [2.75, 3.05) is 0 Å². The maximum atomic E-state index is 4.36. The lowest BCUT2D eigenvalue weighted by Crippen LogP contribution is -1.98. The van der Waals surface area contributed by atoms with E-state index in [-0.39, 0.29) is 0 Å². The lowest BCUT2D eigenvalue weighted by atomic mass is 10.3. The van der Waals surface area contributed by atoms with Gasteiger partial charge in [0.2, 0.25) is 0 Å². The van der Waals surface area contributed by atoms with Crippen molar-refractivity contribution in [1.82, 2.24) is 35.2 Å². The Bertz CT molecular complexity index is 846. The minimum Gasteiger partial charge on any atom is -0.258 e. The van der Waals surface area contributed by atoms with Crippen molar-refractivity contribution in [2.45, 2.75) is 0 Å². The van der Waals surface area contributed by atoms with Crippen molar-refractivity contribution in [2.24, 2.45) is 0 Å². The molecule has 7 nitrogen and oxygen atoms in total. The zero-order valence-electron chi connectivity index (χ0n) is 10.3. The molecule has 0 aliphatic carbocycles. The SMILES string of the molecule is c1ccc2c(c1)nnn2-c1ccc(-c2ncn[nH]2)nc1. The molecule has 0 atom stereocenters. The van der Waals surface area contributed by atoms with Crippen LogP contribution in [0.2, 0.25) is 0 Å². The molecule has 4 aromatic rings. The normalized spacial score (nSPS) is 11.0. The second-order valence-corrected chi connectivity index (χ2v) is 4.23. The Hall–Kier alpha value is -3.09. The van der Waals surface area contributed by atoms with Crippen LogP contribution in [0.4, 0.5) is 0 Å². The molecule has 0 unspecified atom stereocenters. The van der Waals surface area contributed by atoms with Gasteiger partial charge in [-0.25, -0.2) is 9.67 Å². The van der Waals surface area contributed by atoms with Gasteiger partial charge in [-0.15, -0.1) is 5.10 Å². The number of aromatic amines is 1. The van der Waals surface area contributed by atoms with Gasteiger partial charge in [0.25, 0.3) is 0 Å². The molecule has 3 heterocycles. The number of H-pyrrole nitrogens is 1. The van der Waals surface area contributed by atoms with Crippen molar-refractivity contribution in [3.05, 3.63) is 48.9 Å². The summed E-state index contributed by atoms with van der Waals surface area (Å²) in [5.74, 6) is 0.639. The Morgan fingerprint density at radius 3 is 2.75 bits per heavy atom. The van der Waals surface area contributed by atoms with E-state index in [9.17, 15) is 0 Å². The molecule has 0 spiro atoms. The lowest BCUT2D eigenvalue weighted by molar-refractivity contribution is 0.820. The molecule has 0 amide bonds. The van der Waals surface area contributed by atoms with E-state index in [1.165, 1.54) is 6.33 Å². The number of fused-ring (bicyclic) bond motifs is 1. The van der Waals surface area contributed by atoms with Crippen LogP contribution in [0.5, 0.6) is 0 Å². The number of pyridine rings is 1. The lowest BCUT2D eigenvalue weighted by Gasteiger charge is -2.02. The fourth-order valence-electron chi connectivity index (χ4n) is 2.04. The van der Waals surface area contributed by atoms with Gasteiger partial charge in [0.05, 0.1) is 17.4 Å². The van der Waals surface area contributed by atoms with Gasteiger partial charge >= 0.3 is 0 Å². The van der Waals surface area contributed by atoms with E-state index in [2.05, 4.69) is 30.5 Å². The second-order valence-electron chi connectivity index (χ2n) is 4.23. The first-order valence-electron chi connectivity index (χ1n) is 6.04. The van der Waals surface area contributed by atoms with Crippen LogP contribution in [0.15, 0.2) is 48.9 Å². The highest BCUT2D eigenvalue weighted by atomic mass is 15.4. The molecular weight excluding hydrogens is 254 g/mol. The summed E-state index contributed by atoms with van der Waals surface area (Å²) in [4.78, 5) is 8.43. The number of aromatic nitrogens is 7. The third-order valence-electron chi connectivity index (χ3n) is 3.00. The van der Waals surface area contributed by atoms with Crippen molar-refractivity contribution in [3.8, 4) is 17.2 Å². The van der Waals surface area contributed by atoms with Gasteiger partial charge in [-0.1, -0.05) is 17.3 Å². The number of rotatable bonds is 2. The summed E-state index contributed by atoms with van der Waals surface area (Å²) < 4.78 is 1.76. The van der Waals surface area contributed by atoms with Gasteiger partial charge in [0.15, 0.2) is 5.82 Å². The average molecular weight is 263 g/mol. The molecule has 1 aromatic carbocycles. The van der Waals surface area contributed by atoms with Gasteiger partial charge in [0.1, 0.15) is 17.5 Å². The van der Waals surface area contributed by atoms with E-state index in [1.807, 2.05) is 36.4 Å². The standard InChI is InChI=1S/C13H9N7/c1-2-4-12-10(3-1)17-19-20(12)9-5-6-11(14-7-9)13-15-8-16-18-13/h1-8H,(H,15,16,18). The number of hydrogen-bond acceptors (Lipinski definition) is 5.